The van der Waals surface area contributed by atoms with Crippen LogP contribution in [0.3, 0.4) is 0 Å². The minimum atomic E-state index is -0.385. The summed E-state index contributed by atoms with van der Waals surface area (Å²) in [6.07, 6.45) is 3.57. The summed E-state index contributed by atoms with van der Waals surface area (Å²) in [5.41, 5.74) is 4.85. The number of rotatable bonds is 3. The van der Waals surface area contributed by atoms with Crippen LogP contribution in [-0.2, 0) is 0 Å². The average molecular weight is 632 g/mol. The minimum Gasteiger partial charge on any atom is -0.294 e. The van der Waals surface area contributed by atoms with Gasteiger partial charge in [0.25, 0.3) is 11.1 Å². The van der Waals surface area contributed by atoms with Crippen molar-refractivity contribution in [2.75, 3.05) is 0 Å². The summed E-state index contributed by atoms with van der Waals surface area (Å²) >= 11 is 0. The van der Waals surface area contributed by atoms with Gasteiger partial charge in [-0.15, -0.1) is 0 Å². The van der Waals surface area contributed by atoms with Gasteiger partial charge < -0.3 is 0 Å². The van der Waals surface area contributed by atoms with E-state index in [9.17, 15) is 9.59 Å². The zero-order valence-corrected chi connectivity index (χ0v) is 26.0. The number of pyridine rings is 2. The predicted octanol–water partition coefficient (Wildman–Crippen LogP) is 8.49. The number of aromatic nitrogens is 5. The molecule has 0 fully saturated rings. The van der Waals surface area contributed by atoms with E-state index in [1.54, 1.807) is 24.5 Å². The molecule has 0 aliphatic carbocycles. The molecule has 5 aromatic carbocycles. The lowest BCUT2D eigenvalue weighted by Gasteiger charge is -2.07. The van der Waals surface area contributed by atoms with Gasteiger partial charge in [0, 0.05) is 45.3 Å². The first-order valence-corrected chi connectivity index (χ1v) is 16.1. The summed E-state index contributed by atoms with van der Waals surface area (Å²) in [5.74, 6) is 0. The van der Waals surface area contributed by atoms with E-state index >= 15 is 0 Å². The Kier molecular flexibility index (Phi) is 5.74. The predicted molar refractivity (Wildman–Crippen MR) is 198 cm³/mol. The topological polar surface area (TPSA) is 74.7 Å². The molecular weight excluding hydrogens is 606 g/mol. The van der Waals surface area contributed by atoms with E-state index in [0.717, 1.165) is 55.2 Å². The molecule has 7 nitrogen and oxygen atoms in total. The van der Waals surface area contributed by atoms with E-state index in [4.69, 9.17) is 9.97 Å². The monoisotopic (exact) mass is 631 g/mol. The highest BCUT2D eigenvalue weighted by Gasteiger charge is 2.21. The van der Waals surface area contributed by atoms with Crippen molar-refractivity contribution < 1.29 is 0 Å². The number of hydrogen-bond acceptors (Lipinski definition) is 4. The molecule has 7 heteroatoms. The van der Waals surface area contributed by atoms with Crippen molar-refractivity contribution in [3.63, 3.8) is 0 Å². The Morgan fingerprint density at radius 2 is 0.735 bits per heavy atom. The molecule has 10 aromatic rings. The van der Waals surface area contributed by atoms with Crippen LogP contribution >= 0.6 is 0 Å². The molecule has 5 aromatic heterocycles. The summed E-state index contributed by atoms with van der Waals surface area (Å²) in [5, 5.41) is 6.07. The molecule has 0 aliphatic heterocycles. The van der Waals surface area contributed by atoms with Gasteiger partial charge in [-0.05, 0) is 95.7 Å². The molecule has 0 spiro atoms. The summed E-state index contributed by atoms with van der Waals surface area (Å²) in [7, 11) is 0. The molecule has 0 amide bonds. The van der Waals surface area contributed by atoms with Crippen LogP contribution in [0.5, 0.6) is 0 Å². The summed E-state index contributed by atoms with van der Waals surface area (Å²) in [4.78, 5) is 39.2. The molecule has 0 N–H and O–H groups in total. The van der Waals surface area contributed by atoms with Crippen molar-refractivity contribution >= 4 is 65.4 Å². The summed E-state index contributed by atoms with van der Waals surface area (Å²) < 4.78 is 5.48. The largest absolute Gasteiger partial charge is 0.294 e. The molecule has 0 saturated carbocycles. The number of hydrogen-bond donors (Lipinski definition) is 0. The van der Waals surface area contributed by atoms with Crippen LogP contribution in [0.4, 0.5) is 0 Å². The number of fused-ring (bicyclic) bond motifs is 9. The van der Waals surface area contributed by atoms with Gasteiger partial charge >= 0.3 is 0 Å². The highest BCUT2D eigenvalue weighted by molar-refractivity contribution is 6.20. The lowest BCUT2D eigenvalue weighted by atomic mass is 10.0. The Balaban J connectivity index is 1.46. The van der Waals surface area contributed by atoms with Crippen LogP contribution in [0.2, 0.25) is 0 Å². The van der Waals surface area contributed by atoms with Crippen LogP contribution in [0.15, 0.2) is 162 Å². The SMILES string of the molecule is O=c1c2cc3c(cc2c2cc4c5cccnc5n(-c5ccccc5)c4cc2c(=O)n1-c1ccccc1)c1cccnc1n3-c1ccccc1. The number of nitrogens with zero attached hydrogens (tertiary/aromatic N) is 5. The molecule has 49 heavy (non-hydrogen) atoms. The van der Waals surface area contributed by atoms with Gasteiger partial charge in [-0.1, -0.05) is 54.6 Å². The standard InChI is InChI=1S/C42H25N5O2/c48-41-35-24-37-33(29-18-10-20-43-39(29)45(37)26-12-4-1-5-13-26)22-31(35)32-23-34-30-19-11-21-44-40(30)46(27-14-6-2-7-15-27)38(34)25-36(32)42(49)47(41)28-16-8-3-9-17-28/h1-25H. The number of benzene rings is 5. The molecule has 230 valence electrons. The lowest BCUT2D eigenvalue weighted by Crippen LogP contribution is -2.28. The second kappa shape index (κ2) is 10.3. The van der Waals surface area contributed by atoms with Gasteiger partial charge in [-0.25, -0.2) is 14.5 Å². The number of para-hydroxylation sites is 3. The van der Waals surface area contributed by atoms with Crippen LogP contribution in [0.25, 0.3) is 82.5 Å². The third-order valence-corrected chi connectivity index (χ3v) is 9.53. The van der Waals surface area contributed by atoms with Gasteiger partial charge in [0.15, 0.2) is 0 Å². The second-order valence-electron chi connectivity index (χ2n) is 12.2. The van der Waals surface area contributed by atoms with Gasteiger partial charge in [0.2, 0.25) is 0 Å². The van der Waals surface area contributed by atoms with E-state index < -0.39 is 0 Å². The smallest absolute Gasteiger partial charge is 0.266 e. The Bertz CT molecular complexity index is 2880. The normalized spacial score (nSPS) is 11.8. The highest BCUT2D eigenvalue weighted by atomic mass is 16.2. The van der Waals surface area contributed by atoms with E-state index in [1.807, 2.05) is 103 Å². The first-order valence-electron chi connectivity index (χ1n) is 16.1. The zero-order valence-electron chi connectivity index (χ0n) is 26.0. The zero-order chi connectivity index (χ0) is 32.6. The van der Waals surface area contributed by atoms with E-state index in [1.165, 1.54) is 4.57 Å². The van der Waals surface area contributed by atoms with Crippen molar-refractivity contribution in [1.29, 1.82) is 0 Å². The third kappa shape index (κ3) is 3.90. The van der Waals surface area contributed by atoms with Crippen molar-refractivity contribution in [2.45, 2.75) is 0 Å². The lowest BCUT2D eigenvalue weighted by molar-refractivity contribution is 0.976. The maximum absolute atomic E-state index is 14.8. The Hall–Kier alpha value is -6.86. The second-order valence-corrected chi connectivity index (χ2v) is 12.2. The Labute approximate surface area is 278 Å². The Morgan fingerprint density at radius 1 is 0.347 bits per heavy atom. The van der Waals surface area contributed by atoms with Crippen LogP contribution < -0.4 is 11.1 Å². The fourth-order valence-electron chi connectivity index (χ4n) is 7.40. The molecule has 0 bridgehead atoms. The van der Waals surface area contributed by atoms with Crippen LogP contribution in [0, 0.1) is 0 Å². The van der Waals surface area contributed by atoms with E-state index in [-0.39, 0.29) is 11.1 Å². The van der Waals surface area contributed by atoms with Crippen molar-refractivity contribution in [1.82, 2.24) is 23.7 Å². The van der Waals surface area contributed by atoms with Gasteiger partial charge in [-0.3, -0.25) is 18.7 Å². The van der Waals surface area contributed by atoms with Crippen molar-refractivity contribution in [3.05, 3.63) is 173 Å². The quantitative estimate of drug-likeness (QED) is 0.196. The molecule has 0 atom stereocenters. The molecule has 0 aliphatic rings. The average Bonchev–Trinajstić information content (AvgIpc) is 3.64. The maximum Gasteiger partial charge on any atom is 0.266 e. The first kappa shape index (κ1) is 27.3. The third-order valence-electron chi connectivity index (χ3n) is 9.53. The Morgan fingerprint density at radius 3 is 1.14 bits per heavy atom. The molecule has 0 unspecified atom stereocenters. The first-order chi connectivity index (χ1) is 24.2. The maximum atomic E-state index is 14.8. The fourth-order valence-corrected chi connectivity index (χ4v) is 7.40. The van der Waals surface area contributed by atoms with Crippen molar-refractivity contribution in [3.8, 4) is 17.1 Å². The molecule has 5 heterocycles. The van der Waals surface area contributed by atoms with Crippen molar-refractivity contribution in [2.24, 2.45) is 0 Å². The van der Waals surface area contributed by atoms with Crippen LogP contribution in [-0.4, -0.2) is 23.7 Å². The van der Waals surface area contributed by atoms with Gasteiger partial charge in [-0.2, -0.15) is 0 Å². The van der Waals surface area contributed by atoms with Gasteiger partial charge in [0.1, 0.15) is 11.3 Å². The van der Waals surface area contributed by atoms with E-state index in [2.05, 4.69) is 33.4 Å². The van der Waals surface area contributed by atoms with E-state index in [0.29, 0.717) is 27.2 Å². The summed E-state index contributed by atoms with van der Waals surface area (Å²) in [6, 6.07) is 45.1. The molecule has 10 rings (SSSR count). The molecule has 0 saturated heterocycles. The highest BCUT2D eigenvalue weighted by Crippen LogP contribution is 2.38. The van der Waals surface area contributed by atoms with Crippen LogP contribution in [0.1, 0.15) is 0 Å². The van der Waals surface area contributed by atoms with Gasteiger partial charge in [0.05, 0.1) is 27.5 Å². The minimum absolute atomic E-state index is 0.385. The molecule has 0 radical (unpaired) electrons. The fraction of sp³-hybridized carbons (Fsp3) is 0. The molecular formula is C42H25N5O2. The summed E-state index contributed by atoms with van der Waals surface area (Å²) in [6.45, 7) is 0.